The molecule has 1 saturated carbocycles. The molecule has 1 aliphatic carbocycles. The summed E-state index contributed by atoms with van der Waals surface area (Å²) < 4.78 is 15.8. The molecule has 0 radical (unpaired) electrons. The average Bonchev–Trinajstić information content (AvgIpc) is 2.99. The summed E-state index contributed by atoms with van der Waals surface area (Å²) in [4.78, 5) is 16.3. The lowest BCUT2D eigenvalue weighted by atomic mass is 10.0. The van der Waals surface area contributed by atoms with Crippen LogP contribution in [0.2, 0.25) is 0 Å². The molecule has 0 bridgehead atoms. The number of benzene rings is 1. The Bertz CT molecular complexity index is 705. The molecule has 0 N–H and O–H groups in total. The third-order valence-electron chi connectivity index (χ3n) is 4.19. The van der Waals surface area contributed by atoms with Crippen LogP contribution in [0.4, 0.5) is 0 Å². The first-order valence-electron chi connectivity index (χ1n) is 6.89. The molecule has 6 nitrogen and oxygen atoms in total. The molecular formula is C15H14N2O4. The number of methoxy groups -OCH3 is 1. The fourth-order valence-electron chi connectivity index (χ4n) is 2.77. The molecule has 2 heterocycles. The molecule has 0 spiro atoms. The summed E-state index contributed by atoms with van der Waals surface area (Å²) in [5.74, 6) is 1.41. The minimum atomic E-state index is -0.723. The van der Waals surface area contributed by atoms with E-state index in [2.05, 4.69) is 10.1 Å². The van der Waals surface area contributed by atoms with Crippen molar-refractivity contribution < 1.29 is 18.8 Å². The number of fused-ring (bicyclic) bond motifs is 1. The van der Waals surface area contributed by atoms with E-state index in [0.29, 0.717) is 31.2 Å². The van der Waals surface area contributed by atoms with Crippen molar-refractivity contribution in [1.82, 2.24) is 10.1 Å². The van der Waals surface area contributed by atoms with Crippen molar-refractivity contribution in [3.8, 4) is 5.75 Å². The van der Waals surface area contributed by atoms with Gasteiger partial charge in [0.05, 0.1) is 13.0 Å². The number of aromatic nitrogens is 2. The SMILES string of the molecule is COC(=O)C1(c2nc(C3COc4ccccc43)no2)CC1. The molecule has 108 valence electrons. The van der Waals surface area contributed by atoms with Crippen molar-refractivity contribution in [3.63, 3.8) is 0 Å². The van der Waals surface area contributed by atoms with Crippen molar-refractivity contribution in [2.24, 2.45) is 0 Å². The van der Waals surface area contributed by atoms with Crippen molar-refractivity contribution in [2.75, 3.05) is 13.7 Å². The average molecular weight is 286 g/mol. The molecule has 1 atom stereocenters. The van der Waals surface area contributed by atoms with Gasteiger partial charge in [0.25, 0.3) is 0 Å². The van der Waals surface area contributed by atoms with E-state index in [9.17, 15) is 4.79 Å². The highest BCUT2D eigenvalue weighted by molar-refractivity contribution is 5.85. The van der Waals surface area contributed by atoms with Crippen LogP contribution in [-0.2, 0) is 14.9 Å². The number of para-hydroxylation sites is 1. The fourth-order valence-corrected chi connectivity index (χ4v) is 2.77. The normalized spacial score (nSPS) is 21.5. The zero-order valence-corrected chi connectivity index (χ0v) is 11.5. The topological polar surface area (TPSA) is 74.5 Å². The van der Waals surface area contributed by atoms with Gasteiger partial charge in [0, 0.05) is 5.56 Å². The van der Waals surface area contributed by atoms with Gasteiger partial charge in [0.2, 0.25) is 5.89 Å². The molecule has 1 unspecified atom stereocenters. The highest BCUT2D eigenvalue weighted by Crippen LogP contribution is 2.49. The largest absolute Gasteiger partial charge is 0.492 e. The van der Waals surface area contributed by atoms with Crippen molar-refractivity contribution >= 4 is 5.97 Å². The summed E-state index contributed by atoms with van der Waals surface area (Å²) in [5, 5.41) is 4.05. The zero-order chi connectivity index (χ0) is 14.4. The van der Waals surface area contributed by atoms with Crippen LogP contribution in [0.25, 0.3) is 0 Å². The van der Waals surface area contributed by atoms with E-state index in [1.54, 1.807) is 0 Å². The predicted octanol–water partition coefficient (Wildman–Crippen LogP) is 1.80. The summed E-state index contributed by atoms with van der Waals surface area (Å²) in [6, 6.07) is 7.81. The highest BCUT2D eigenvalue weighted by atomic mass is 16.5. The molecular weight excluding hydrogens is 272 g/mol. The summed E-state index contributed by atoms with van der Waals surface area (Å²) in [6.07, 6.45) is 1.39. The molecule has 1 aliphatic heterocycles. The van der Waals surface area contributed by atoms with E-state index in [0.717, 1.165) is 11.3 Å². The van der Waals surface area contributed by atoms with Crippen LogP contribution in [0.3, 0.4) is 0 Å². The number of nitrogens with zero attached hydrogens (tertiary/aromatic N) is 2. The van der Waals surface area contributed by atoms with Gasteiger partial charge in [0.15, 0.2) is 5.82 Å². The Kier molecular flexibility index (Phi) is 2.54. The van der Waals surface area contributed by atoms with Gasteiger partial charge in [-0.3, -0.25) is 4.79 Å². The van der Waals surface area contributed by atoms with Gasteiger partial charge >= 0.3 is 5.97 Å². The van der Waals surface area contributed by atoms with Crippen molar-refractivity contribution in [3.05, 3.63) is 41.5 Å². The van der Waals surface area contributed by atoms with Gasteiger partial charge in [0.1, 0.15) is 17.8 Å². The number of hydrogen-bond donors (Lipinski definition) is 0. The molecule has 1 fully saturated rings. The Balaban J connectivity index is 1.66. The van der Waals surface area contributed by atoms with Gasteiger partial charge in [-0.05, 0) is 18.9 Å². The van der Waals surface area contributed by atoms with E-state index in [4.69, 9.17) is 14.0 Å². The Hall–Kier alpha value is -2.37. The molecule has 21 heavy (non-hydrogen) atoms. The van der Waals surface area contributed by atoms with Crippen LogP contribution < -0.4 is 4.74 Å². The van der Waals surface area contributed by atoms with Gasteiger partial charge < -0.3 is 14.0 Å². The minimum Gasteiger partial charge on any atom is -0.492 e. The van der Waals surface area contributed by atoms with E-state index >= 15 is 0 Å². The number of carbonyl (C=O) groups is 1. The third-order valence-corrected chi connectivity index (χ3v) is 4.19. The summed E-state index contributed by atoms with van der Waals surface area (Å²) in [7, 11) is 1.38. The number of ether oxygens (including phenoxy) is 2. The molecule has 0 amide bonds. The van der Waals surface area contributed by atoms with Gasteiger partial charge in [-0.15, -0.1) is 0 Å². The molecule has 2 aliphatic rings. The highest BCUT2D eigenvalue weighted by Gasteiger charge is 2.57. The van der Waals surface area contributed by atoms with Crippen LogP contribution >= 0.6 is 0 Å². The summed E-state index contributed by atoms with van der Waals surface area (Å²) in [5.41, 5.74) is 0.326. The van der Waals surface area contributed by atoms with E-state index in [1.165, 1.54) is 7.11 Å². The first-order chi connectivity index (χ1) is 10.2. The predicted molar refractivity (Wildman–Crippen MR) is 71.0 cm³/mol. The lowest BCUT2D eigenvalue weighted by molar-refractivity contribution is -0.144. The fraction of sp³-hybridized carbons (Fsp3) is 0.400. The van der Waals surface area contributed by atoms with Crippen LogP contribution in [0.15, 0.2) is 28.8 Å². The summed E-state index contributed by atoms with van der Waals surface area (Å²) >= 11 is 0. The second-order valence-electron chi connectivity index (χ2n) is 5.43. The lowest BCUT2D eigenvalue weighted by Crippen LogP contribution is -2.22. The number of carbonyl (C=O) groups excluding carboxylic acids is 1. The van der Waals surface area contributed by atoms with Gasteiger partial charge in [-0.2, -0.15) is 4.98 Å². The van der Waals surface area contributed by atoms with Crippen LogP contribution in [0, 0.1) is 0 Å². The molecule has 6 heteroatoms. The quantitative estimate of drug-likeness (QED) is 0.801. The molecule has 0 saturated heterocycles. The van der Waals surface area contributed by atoms with Crippen LogP contribution in [-0.4, -0.2) is 29.8 Å². The lowest BCUT2D eigenvalue weighted by Gasteiger charge is -2.06. The van der Waals surface area contributed by atoms with Gasteiger partial charge in [-0.25, -0.2) is 0 Å². The van der Waals surface area contributed by atoms with E-state index in [-0.39, 0.29) is 11.9 Å². The van der Waals surface area contributed by atoms with Crippen LogP contribution in [0.5, 0.6) is 5.75 Å². The Morgan fingerprint density at radius 1 is 1.38 bits per heavy atom. The maximum absolute atomic E-state index is 11.9. The second-order valence-corrected chi connectivity index (χ2v) is 5.43. The second kappa shape index (κ2) is 4.31. The standard InChI is InChI=1S/C15H14N2O4/c1-19-14(18)15(6-7-15)13-16-12(17-21-13)10-8-20-11-5-3-2-4-9(10)11/h2-5,10H,6-8H2,1H3. The van der Waals surface area contributed by atoms with E-state index < -0.39 is 5.41 Å². The monoisotopic (exact) mass is 286 g/mol. The maximum Gasteiger partial charge on any atom is 0.321 e. The summed E-state index contributed by atoms with van der Waals surface area (Å²) in [6.45, 7) is 0.490. The molecule has 1 aromatic heterocycles. The first kappa shape index (κ1) is 12.4. The number of rotatable bonds is 3. The van der Waals surface area contributed by atoms with E-state index in [1.807, 2.05) is 24.3 Å². The first-order valence-corrected chi connectivity index (χ1v) is 6.89. The molecule has 2 aromatic rings. The smallest absolute Gasteiger partial charge is 0.321 e. The Morgan fingerprint density at radius 2 is 2.19 bits per heavy atom. The maximum atomic E-state index is 11.9. The Morgan fingerprint density at radius 3 is 2.95 bits per heavy atom. The number of hydrogen-bond acceptors (Lipinski definition) is 6. The third kappa shape index (κ3) is 1.75. The van der Waals surface area contributed by atoms with Gasteiger partial charge in [-0.1, -0.05) is 23.4 Å². The molecule has 4 rings (SSSR count). The van der Waals surface area contributed by atoms with Crippen molar-refractivity contribution in [2.45, 2.75) is 24.2 Å². The number of esters is 1. The zero-order valence-electron chi connectivity index (χ0n) is 11.5. The van der Waals surface area contributed by atoms with Crippen LogP contribution in [0.1, 0.15) is 36.0 Å². The Labute approximate surface area is 121 Å². The molecule has 1 aromatic carbocycles. The minimum absolute atomic E-state index is 0.0489. The van der Waals surface area contributed by atoms with Crippen molar-refractivity contribution in [1.29, 1.82) is 0 Å².